The van der Waals surface area contributed by atoms with Crippen LogP contribution >= 0.6 is 0 Å². The summed E-state index contributed by atoms with van der Waals surface area (Å²) in [4.78, 5) is 17.3. The van der Waals surface area contributed by atoms with Crippen LogP contribution < -0.4 is 4.90 Å². The molecular weight excluding hydrogens is 338 g/mol. The van der Waals surface area contributed by atoms with Crippen LogP contribution in [0.15, 0.2) is 23.2 Å². The van der Waals surface area contributed by atoms with Crippen LogP contribution in [-0.4, -0.2) is 80.9 Å². The van der Waals surface area contributed by atoms with Gasteiger partial charge in [0.15, 0.2) is 6.10 Å². The van der Waals surface area contributed by atoms with Crippen molar-refractivity contribution in [3.63, 3.8) is 0 Å². The van der Waals surface area contributed by atoms with E-state index in [1.807, 2.05) is 4.90 Å². The van der Waals surface area contributed by atoms with Crippen molar-refractivity contribution in [2.75, 3.05) is 50.9 Å². The summed E-state index contributed by atoms with van der Waals surface area (Å²) in [7, 11) is -3.79. The quantitative estimate of drug-likeness (QED) is 0.760. The zero-order valence-corrected chi connectivity index (χ0v) is 13.8. The molecule has 2 fully saturated rings. The van der Waals surface area contributed by atoms with Gasteiger partial charge in [0.25, 0.3) is 0 Å². The summed E-state index contributed by atoms with van der Waals surface area (Å²) in [5.41, 5.74) is 0. The molecule has 0 bridgehead atoms. The lowest BCUT2D eigenvalue weighted by molar-refractivity contribution is -0.153. The molecule has 0 amide bonds. The van der Waals surface area contributed by atoms with Crippen molar-refractivity contribution in [1.29, 1.82) is 0 Å². The largest absolute Gasteiger partial charge is 0.479 e. The van der Waals surface area contributed by atoms with Gasteiger partial charge >= 0.3 is 5.97 Å². The van der Waals surface area contributed by atoms with E-state index in [1.165, 1.54) is 12.3 Å². The average Bonchev–Trinajstić information content (AvgIpc) is 2.62. The van der Waals surface area contributed by atoms with Gasteiger partial charge in [-0.3, -0.25) is 0 Å². The Labute approximate surface area is 139 Å². The molecule has 132 valence electrons. The Balaban J connectivity index is 1.75. The summed E-state index contributed by atoms with van der Waals surface area (Å²) < 4.78 is 36.8. The minimum absolute atomic E-state index is 0.0468. The molecule has 0 spiro atoms. The van der Waals surface area contributed by atoms with E-state index in [0.717, 1.165) is 4.31 Å². The van der Waals surface area contributed by atoms with Crippen LogP contribution in [-0.2, 0) is 24.3 Å². The number of sulfonamides is 1. The molecule has 0 aliphatic carbocycles. The van der Waals surface area contributed by atoms with Crippen LogP contribution in [0.1, 0.15) is 0 Å². The van der Waals surface area contributed by atoms with E-state index in [2.05, 4.69) is 4.98 Å². The van der Waals surface area contributed by atoms with E-state index in [9.17, 15) is 13.2 Å². The van der Waals surface area contributed by atoms with Gasteiger partial charge in [0.2, 0.25) is 10.0 Å². The van der Waals surface area contributed by atoms with Gasteiger partial charge in [-0.25, -0.2) is 18.2 Å². The summed E-state index contributed by atoms with van der Waals surface area (Å²) >= 11 is 0. The molecule has 24 heavy (non-hydrogen) atoms. The summed E-state index contributed by atoms with van der Waals surface area (Å²) in [6.45, 7) is 2.62. The van der Waals surface area contributed by atoms with E-state index in [1.54, 1.807) is 6.07 Å². The van der Waals surface area contributed by atoms with E-state index < -0.39 is 22.1 Å². The number of morpholine rings is 2. The number of carboxylic acids is 1. The third-order valence-corrected chi connectivity index (χ3v) is 5.85. The van der Waals surface area contributed by atoms with Gasteiger partial charge in [0.05, 0.1) is 26.4 Å². The molecule has 0 aromatic carbocycles. The number of carbonyl (C=O) groups is 1. The lowest BCUT2D eigenvalue weighted by Gasteiger charge is -2.30. The number of hydrogen-bond acceptors (Lipinski definition) is 7. The standard InChI is InChI=1S/C14H19N3O6S/c18-14(19)12-10-17(5-8-23-12)24(20,21)11-1-2-13(15-9-11)16-3-6-22-7-4-16/h1-2,9,12H,3-8,10H2,(H,18,19)/t12-/m1/s1. The first kappa shape index (κ1) is 17.1. The lowest BCUT2D eigenvalue weighted by atomic mass is 10.3. The molecule has 3 rings (SSSR count). The summed E-state index contributed by atoms with van der Waals surface area (Å²) in [5, 5.41) is 9.00. The van der Waals surface area contributed by atoms with Crippen molar-refractivity contribution in [1.82, 2.24) is 9.29 Å². The normalized spacial score (nSPS) is 23.2. The molecule has 2 aliphatic rings. The molecule has 1 aromatic rings. The Kier molecular flexibility index (Phi) is 4.99. The van der Waals surface area contributed by atoms with Crippen molar-refractivity contribution in [2.24, 2.45) is 0 Å². The highest BCUT2D eigenvalue weighted by atomic mass is 32.2. The first-order valence-electron chi connectivity index (χ1n) is 7.62. The first-order valence-corrected chi connectivity index (χ1v) is 9.06. The zero-order valence-electron chi connectivity index (χ0n) is 13.0. The Morgan fingerprint density at radius 1 is 1.21 bits per heavy atom. The summed E-state index contributed by atoms with van der Waals surface area (Å²) in [6.07, 6.45) is 0.167. The molecule has 2 aliphatic heterocycles. The van der Waals surface area contributed by atoms with Crippen molar-refractivity contribution in [3.8, 4) is 0 Å². The average molecular weight is 357 g/mol. The van der Waals surface area contributed by atoms with Gasteiger partial charge in [0, 0.05) is 25.8 Å². The second-order valence-electron chi connectivity index (χ2n) is 5.51. The topological polar surface area (TPSA) is 109 Å². The smallest absolute Gasteiger partial charge is 0.334 e. The predicted molar refractivity (Wildman–Crippen MR) is 83.4 cm³/mol. The number of hydrogen-bond donors (Lipinski definition) is 1. The fraction of sp³-hybridized carbons (Fsp3) is 0.571. The first-order chi connectivity index (χ1) is 11.5. The number of nitrogens with zero attached hydrogens (tertiary/aromatic N) is 3. The van der Waals surface area contributed by atoms with Crippen molar-refractivity contribution < 1.29 is 27.8 Å². The molecule has 10 heteroatoms. The second-order valence-corrected chi connectivity index (χ2v) is 7.45. The summed E-state index contributed by atoms with van der Waals surface area (Å²) in [6, 6.07) is 3.16. The Bertz CT molecular complexity index is 687. The van der Waals surface area contributed by atoms with Gasteiger partial charge in [-0.15, -0.1) is 0 Å². The van der Waals surface area contributed by atoms with Crippen molar-refractivity contribution >= 4 is 21.8 Å². The molecule has 9 nitrogen and oxygen atoms in total. The van der Waals surface area contributed by atoms with Gasteiger partial charge < -0.3 is 19.5 Å². The van der Waals surface area contributed by atoms with Crippen LogP contribution in [0.2, 0.25) is 0 Å². The second kappa shape index (κ2) is 7.01. The number of rotatable bonds is 4. The molecule has 0 radical (unpaired) electrons. The third-order valence-electron chi connectivity index (χ3n) is 4.00. The zero-order chi connectivity index (χ0) is 17.2. The molecule has 0 saturated carbocycles. The Hall–Kier alpha value is -1.75. The Morgan fingerprint density at radius 3 is 2.58 bits per heavy atom. The highest BCUT2D eigenvalue weighted by Crippen LogP contribution is 2.21. The van der Waals surface area contributed by atoms with Gasteiger partial charge in [-0.2, -0.15) is 4.31 Å². The van der Waals surface area contributed by atoms with Crippen LogP contribution in [0, 0.1) is 0 Å². The van der Waals surface area contributed by atoms with Crippen molar-refractivity contribution in [3.05, 3.63) is 18.3 Å². The number of ether oxygens (including phenoxy) is 2. The van der Waals surface area contributed by atoms with Crippen LogP contribution in [0.5, 0.6) is 0 Å². The minimum atomic E-state index is -3.79. The number of aliphatic carboxylic acids is 1. The fourth-order valence-electron chi connectivity index (χ4n) is 2.65. The van der Waals surface area contributed by atoms with Crippen LogP contribution in [0.4, 0.5) is 5.82 Å². The highest BCUT2D eigenvalue weighted by Gasteiger charge is 2.34. The van der Waals surface area contributed by atoms with Crippen molar-refractivity contribution in [2.45, 2.75) is 11.0 Å². The number of pyridine rings is 1. The maximum absolute atomic E-state index is 12.6. The van der Waals surface area contributed by atoms with Crippen LogP contribution in [0.3, 0.4) is 0 Å². The molecule has 0 unspecified atom stereocenters. The minimum Gasteiger partial charge on any atom is -0.479 e. The number of carboxylic acid groups (broad SMARTS) is 1. The highest BCUT2D eigenvalue weighted by molar-refractivity contribution is 7.89. The molecule has 2 saturated heterocycles. The third kappa shape index (κ3) is 3.51. The van der Waals surface area contributed by atoms with E-state index in [0.29, 0.717) is 32.1 Å². The lowest BCUT2D eigenvalue weighted by Crippen LogP contribution is -2.48. The molecule has 1 N–H and O–H groups in total. The fourth-order valence-corrected chi connectivity index (χ4v) is 4.02. The van der Waals surface area contributed by atoms with E-state index >= 15 is 0 Å². The van der Waals surface area contributed by atoms with Crippen LogP contribution in [0.25, 0.3) is 0 Å². The maximum atomic E-state index is 12.6. The van der Waals surface area contributed by atoms with E-state index in [-0.39, 0.29) is 24.6 Å². The molecule has 1 atom stereocenters. The van der Waals surface area contributed by atoms with Gasteiger partial charge in [-0.1, -0.05) is 0 Å². The monoisotopic (exact) mass is 357 g/mol. The van der Waals surface area contributed by atoms with E-state index in [4.69, 9.17) is 14.6 Å². The SMILES string of the molecule is O=C(O)[C@H]1CN(S(=O)(=O)c2ccc(N3CCOCC3)nc2)CCO1. The van der Waals surface area contributed by atoms with Gasteiger partial charge in [0.1, 0.15) is 10.7 Å². The maximum Gasteiger partial charge on any atom is 0.334 e. The summed E-state index contributed by atoms with van der Waals surface area (Å²) in [5.74, 6) is -0.474. The number of anilines is 1. The van der Waals surface area contributed by atoms with Gasteiger partial charge in [-0.05, 0) is 12.1 Å². The Morgan fingerprint density at radius 2 is 1.96 bits per heavy atom. The predicted octanol–water partition coefficient (Wildman–Crippen LogP) is -0.608. The number of aromatic nitrogens is 1. The molecule has 3 heterocycles. The molecular formula is C14H19N3O6S. The molecule has 1 aromatic heterocycles.